The number of hydrogen-bond acceptors (Lipinski definition) is 8. The summed E-state index contributed by atoms with van der Waals surface area (Å²) in [6, 6.07) is 5.08. The molecule has 11 nitrogen and oxygen atoms in total. The first-order chi connectivity index (χ1) is 17.9. The summed E-state index contributed by atoms with van der Waals surface area (Å²) in [6.07, 6.45) is 9.24. The van der Waals surface area contributed by atoms with Gasteiger partial charge in [-0.25, -0.2) is 14.8 Å². The lowest BCUT2D eigenvalue weighted by Crippen LogP contribution is -2.48. The smallest absolute Gasteiger partial charge is 0.328 e. The summed E-state index contributed by atoms with van der Waals surface area (Å²) in [5, 5.41) is 15.2. The third-order valence-corrected chi connectivity index (χ3v) is 6.35. The summed E-state index contributed by atoms with van der Waals surface area (Å²) in [5.41, 5.74) is 2.58. The highest BCUT2D eigenvalue weighted by Crippen LogP contribution is 2.29. The fourth-order valence-electron chi connectivity index (χ4n) is 4.39. The molecular weight excluding hydrogens is 472 g/mol. The van der Waals surface area contributed by atoms with E-state index >= 15 is 0 Å². The quantitative estimate of drug-likeness (QED) is 0.334. The number of aldehydes is 1. The van der Waals surface area contributed by atoms with Crippen LogP contribution < -0.4 is 15.5 Å². The van der Waals surface area contributed by atoms with Gasteiger partial charge >= 0.3 is 6.03 Å². The predicted molar refractivity (Wildman–Crippen MR) is 138 cm³/mol. The predicted octanol–water partition coefficient (Wildman–Crippen LogP) is 1.85. The Morgan fingerprint density at radius 2 is 2.14 bits per heavy atom. The van der Waals surface area contributed by atoms with Gasteiger partial charge in [0.05, 0.1) is 17.8 Å². The second-order valence-electron chi connectivity index (χ2n) is 8.98. The number of amides is 3. The lowest BCUT2D eigenvalue weighted by molar-refractivity contribution is -0.136. The number of carbonyl (C=O) groups excluding carboxylic acids is 3. The van der Waals surface area contributed by atoms with Crippen molar-refractivity contribution in [3.05, 3.63) is 40.7 Å². The maximum atomic E-state index is 13.2. The number of aromatic nitrogens is 2. The van der Waals surface area contributed by atoms with Crippen molar-refractivity contribution in [1.29, 1.82) is 5.26 Å². The van der Waals surface area contributed by atoms with Gasteiger partial charge in [0.2, 0.25) is 5.91 Å². The van der Waals surface area contributed by atoms with Crippen LogP contribution in [0.1, 0.15) is 40.0 Å². The van der Waals surface area contributed by atoms with E-state index < -0.39 is 6.03 Å². The van der Waals surface area contributed by atoms with E-state index in [-0.39, 0.29) is 17.4 Å². The van der Waals surface area contributed by atoms with Crippen molar-refractivity contribution in [2.75, 3.05) is 55.3 Å². The molecule has 1 saturated heterocycles. The lowest BCUT2D eigenvalue weighted by atomic mass is 10.0. The molecule has 0 saturated carbocycles. The molecule has 0 unspecified atom stereocenters. The summed E-state index contributed by atoms with van der Waals surface area (Å²) >= 11 is 0. The zero-order valence-electron chi connectivity index (χ0n) is 20.7. The number of anilines is 3. The molecule has 0 radical (unpaired) electrons. The third kappa shape index (κ3) is 5.85. The maximum absolute atomic E-state index is 13.2. The average Bonchev–Trinajstić information content (AvgIpc) is 2.89. The zero-order valence-corrected chi connectivity index (χ0v) is 20.7. The zero-order chi connectivity index (χ0) is 26.4. The highest BCUT2D eigenvalue weighted by molar-refractivity contribution is 6.01. The molecule has 0 aliphatic carbocycles. The van der Waals surface area contributed by atoms with Crippen LogP contribution >= 0.6 is 0 Å². The van der Waals surface area contributed by atoms with E-state index in [4.69, 9.17) is 6.42 Å². The highest BCUT2D eigenvalue weighted by Gasteiger charge is 2.28. The third-order valence-electron chi connectivity index (χ3n) is 6.35. The molecule has 0 bridgehead atoms. The van der Waals surface area contributed by atoms with E-state index in [0.717, 1.165) is 18.5 Å². The molecule has 0 aromatic carbocycles. The van der Waals surface area contributed by atoms with Crippen molar-refractivity contribution in [2.45, 2.75) is 25.8 Å². The number of nitrogens with one attached hydrogen (secondary N) is 2. The molecule has 37 heavy (non-hydrogen) atoms. The average molecular weight is 501 g/mol. The van der Waals surface area contributed by atoms with Gasteiger partial charge in [0, 0.05) is 57.0 Å². The van der Waals surface area contributed by atoms with Gasteiger partial charge in [0.25, 0.3) is 0 Å². The van der Waals surface area contributed by atoms with Crippen molar-refractivity contribution in [3.63, 3.8) is 0 Å². The first-order valence-electron chi connectivity index (χ1n) is 12.0. The minimum absolute atomic E-state index is 0.00684. The standard InChI is InChI=1S/C26H28N8O3/c1-3-4-7-28-21-12-23(29-14-20(21)13-27)31-26(37)34-8-5-6-18-11-19(22(17-35)30-25(18)34)15-33-10-9-32(2)16-24(33)36/h1,11-12,14,17H,4-10,15-16H2,2H3,(H2,28,29,31,37). The van der Waals surface area contributed by atoms with Crippen LogP contribution in [-0.4, -0.2) is 77.8 Å². The van der Waals surface area contributed by atoms with E-state index in [0.29, 0.717) is 74.5 Å². The summed E-state index contributed by atoms with van der Waals surface area (Å²) in [5.74, 6) is 3.21. The monoisotopic (exact) mass is 500 g/mol. The number of nitriles is 1. The van der Waals surface area contributed by atoms with Crippen LogP contribution in [0.5, 0.6) is 0 Å². The Morgan fingerprint density at radius 3 is 2.86 bits per heavy atom. The topological polar surface area (TPSA) is 135 Å². The minimum Gasteiger partial charge on any atom is -0.383 e. The molecule has 11 heteroatoms. The fourth-order valence-corrected chi connectivity index (χ4v) is 4.39. The Bertz CT molecular complexity index is 1300. The van der Waals surface area contributed by atoms with Crippen LogP contribution in [0.4, 0.5) is 22.1 Å². The molecule has 2 aliphatic heterocycles. The van der Waals surface area contributed by atoms with Crippen LogP contribution in [0.3, 0.4) is 0 Å². The second-order valence-corrected chi connectivity index (χ2v) is 8.98. The Hall–Kier alpha value is -4.48. The number of piperazine rings is 1. The van der Waals surface area contributed by atoms with Crippen molar-refractivity contribution < 1.29 is 14.4 Å². The van der Waals surface area contributed by atoms with Crippen molar-refractivity contribution in [1.82, 2.24) is 19.8 Å². The van der Waals surface area contributed by atoms with Crippen LogP contribution in [0.15, 0.2) is 18.3 Å². The van der Waals surface area contributed by atoms with Crippen molar-refractivity contribution in [2.24, 2.45) is 0 Å². The lowest BCUT2D eigenvalue weighted by Gasteiger charge is -2.33. The summed E-state index contributed by atoms with van der Waals surface area (Å²) in [6.45, 7) is 2.88. The number of likely N-dealkylation sites (N-methyl/N-ethyl adjacent to an activating group) is 1. The van der Waals surface area contributed by atoms with Gasteiger partial charge in [-0.05, 0) is 31.5 Å². The second kappa shape index (κ2) is 11.5. The van der Waals surface area contributed by atoms with Gasteiger partial charge < -0.3 is 10.2 Å². The SMILES string of the molecule is C#CCCNc1cc(NC(=O)N2CCCc3cc(CN4CCN(C)CC4=O)c(C=O)nc32)ncc1C#N. The number of hydrogen-bond donors (Lipinski definition) is 2. The highest BCUT2D eigenvalue weighted by atomic mass is 16.2. The number of nitrogens with zero attached hydrogens (tertiary/aromatic N) is 6. The number of aryl methyl sites for hydroxylation is 1. The van der Waals surface area contributed by atoms with Gasteiger partial charge in [0.15, 0.2) is 6.29 Å². The number of urea groups is 1. The van der Waals surface area contributed by atoms with Gasteiger partial charge in [0.1, 0.15) is 23.4 Å². The molecule has 4 rings (SSSR count). The summed E-state index contributed by atoms with van der Waals surface area (Å²) < 4.78 is 0. The van der Waals surface area contributed by atoms with Gasteiger partial charge in [-0.3, -0.25) is 24.7 Å². The molecule has 190 valence electrons. The van der Waals surface area contributed by atoms with Crippen LogP contribution in [-0.2, 0) is 17.8 Å². The van der Waals surface area contributed by atoms with E-state index in [1.54, 1.807) is 11.0 Å². The van der Waals surface area contributed by atoms with Crippen LogP contribution in [0, 0.1) is 23.7 Å². The van der Waals surface area contributed by atoms with E-state index in [1.165, 1.54) is 11.1 Å². The molecule has 1 fully saturated rings. The molecule has 2 N–H and O–H groups in total. The number of rotatable bonds is 7. The molecule has 0 spiro atoms. The Morgan fingerprint density at radius 1 is 1.30 bits per heavy atom. The maximum Gasteiger partial charge on any atom is 0.328 e. The first kappa shape index (κ1) is 25.6. The molecule has 4 heterocycles. The van der Waals surface area contributed by atoms with Crippen LogP contribution in [0.25, 0.3) is 0 Å². The fraction of sp³-hybridized carbons (Fsp3) is 0.385. The van der Waals surface area contributed by atoms with Gasteiger partial charge in [-0.1, -0.05) is 0 Å². The Kier molecular flexibility index (Phi) is 7.96. The minimum atomic E-state index is -0.445. The van der Waals surface area contributed by atoms with Crippen molar-refractivity contribution in [3.8, 4) is 18.4 Å². The van der Waals surface area contributed by atoms with E-state index in [2.05, 4.69) is 32.6 Å². The number of terminal acetylenes is 1. The molecule has 2 aromatic rings. The normalized spacial score (nSPS) is 15.4. The summed E-state index contributed by atoms with van der Waals surface area (Å²) in [7, 11) is 1.90. The molecule has 0 atom stereocenters. The van der Waals surface area contributed by atoms with E-state index in [9.17, 15) is 19.6 Å². The molecule has 3 amide bonds. The van der Waals surface area contributed by atoms with E-state index in [1.807, 2.05) is 18.0 Å². The van der Waals surface area contributed by atoms with Gasteiger partial charge in [-0.2, -0.15) is 5.26 Å². The molecule has 2 aliphatic rings. The number of fused-ring (bicyclic) bond motifs is 1. The molecular formula is C26H28N8O3. The summed E-state index contributed by atoms with van der Waals surface area (Å²) in [4.78, 5) is 51.4. The van der Waals surface area contributed by atoms with Crippen LogP contribution in [0.2, 0.25) is 0 Å². The Balaban J connectivity index is 1.54. The first-order valence-corrected chi connectivity index (χ1v) is 12.0. The van der Waals surface area contributed by atoms with Crippen molar-refractivity contribution >= 4 is 35.5 Å². The molecule has 2 aromatic heterocycles. The number of pyridine rings is 2. The Labute approximate surface area is 215 Å². The van der Waals surface area contributed by atoms with Gasteiger partial charge in [-0.15, -0.1) is 12.3 Å². The number of carbonyl (C=O) groups is 3. The largest absolute Gasteiger partial charge is 0.383 e.